The molecule has 0 unspecified atom stereocenters. The number of nitrogens with zero attached hydrogens (tertiary/aromatic N) is 2. The number of anilines is 1. The summed E-state index contributed by atoms with van der Waals surface area (Å²) < 4.78 is 18.6. The van der Waals surface area contributed by atoms with Crippen molar-refractivity contribution in [2.45, 2.75) is 0 Å². The number of aromatic hydroxyl groups is 1. The van der Waals surface area contributed by atoms with Gasteiger partial charge in [-0.3, -0.25) is 0 Å². The topological polar surface area (TPSA) is 81.3 Å². The number of hydrogen-bond donors (Lipinski definition) is 2. The fourth-order valence-corrected chi connectivity index (χ4v) is 2.41. The molecule has 1 aromatic heterocycles. The summed E-state index contributed by atoms with van der Waals surface area (Å²) in [6, 6.07) is 10.7. The average molecular weight is 303 g/mol. The normalized spacial score (nSPS) is 10.5. The van der Waals surface area contributed by atoms with Gasteiger partial charge >= 0.3 is 0 Å². The molecule has 0 amide bonds. The lowest BCUT2D eigenvalue weighted by Crippen LogP contribution is -1.89. The van der Waals surface area contributed by atoms with E-state index in [1.54, 1.807) is 18.2 Å². The molecule has 7 heteroatoms. The van der Waals surface area contributed by atoms with Crippen molar-refractivity contribution in [1.82, 2.24) is 10.2 Å². The minimum Gasteiger partial charge on any atom is -0.504 e. The molecular formula is C14H10FN3O2S. The van der Waals surface area contributed by atoms with E-state index < -0.39 is 5.82 Å². The van der Waals surface area contributed by atoms with Crippen LogP contribution in [0.15, 0.2) is 42.5 Å². The van der Waals surface area contributed by atoms with Gasteiger partial charge in [0.1, 0.15) is 11.6 Å². The maximum Gasteiger partial charge on any atom is 0.203 e. The van der Waals surface area contributed by atoms with Crippen molar-refractivity contribution in [2.75, 3.05) is 5.73 Å². The fraction of sp³-hybridized carbons (Fsp3) is 0. The van der Waals surface area contributed by atoms with Crippen LogP contribution in [0, 0.1) is 5.82 Å². The molecule has 0 aliphatic rings. The van der Waals surface area contributed by atoms with Crippen LogP contribution in [0.1, 0.15) is 0 Å². The Morgan fingerprint density at radius 2 is 1.90 bits per heavy atom. The number of aromatic nitrogens is 2. The zero-order valence-electron chi connectivity index (χ0n) is 10.7. The van der Waals surface area contributed by atoms with Crippen molar-refractivity contribution >= 4 is 16.5 Å². The largest absolute Gasteiger partial charge is 0.504 e. The van der Waals surface area contributed by atoms with Gasteiger partial charge in [-0.25, -0.2) is 4.39 Å². The number of para-hydroxylation sites is 1. The Morgan fingerprint density at radius 1 is 1.10 bits per heavy atom. The maximum absolute atomic E-state index is 13.0. The predicted octanol–water partition coefficient (Wildman–Crippen LogP) is 3.42. The van der Waals surface area contributed by atoms with Crippen molar-refractivity contribution in [2.24, 2.45) is 0 Å². The lowest BCUT2D eigenvalue weighted by molar-refractivity contribution is 0.408. The molecule has 0 bridgehead atoms. The van der Waals surface area contributed by atoms with Crippen molar-refractivity contribution in [3.8, 4) is 27.8 Å². The minimum atomic E-state index is -0.537. The molecule has 0 aliphatic carbocycles. The molecule has 3 rings (SSSR count). The van der Waals surface area contributed by atoms with Gasteiger partial charge in [-0.05, 0) is 24.3 Å². The first kappa shape index (κ1) is 13.3. The lowest BCUT2D eigenvalue weighted by atomic mass is 10.2. The van der Waals surface area contributed by atoms with E-state index >= 15 is 0 Å². The highest BCUT2D eigenvalue weighted by atomic mass is 32.1. The Labute approximate surface area is 123 Å². The lowest BCUT2D eigenvalue weighted by Gasteiger charge is -2.10. The molecule has 1 heterocycles. The number of phenols is 1. The van der Waals surface area contributed by atoms with Gasteiger partial charge in [-0.15, -0.1) is 10.2 Å². The van der Waals surface area contributed by atoms with Crippen molar-refractivity contribution in [3.05, 3.63) is 48.3 Å². The van der Waals surface area contributed by atoms with Crippen LogP contribution in [0.3, 0.4) is 0 Å². The molecule has 0 radical (unpaired) electrons. The summed E-state index contributed by atoms with van der Waals surface area (Å²) in [6.45, 7) is 0. The molecule has 0 aliphatic heterocycles. The summed E-state index contributed by atoms with van der Waals surface area (Å²) in [5.41, 5.74) is 6.27. The van der Waals surface area contributed by atoms with E-state index in [0.717, 1.165) is 6.07 Å². The van der Waals surface area contributed by atoms with Crippen LogP contribution in [0.4, 0.5) is 9.52 Å². The average Bonchev–Trinajstić information content (AvgIpc) is 2.89. The van der Waals surface area contributed by atoms with E-state index in [0.29, 0.717) is 21.5 Å². The molecule has 0 spiro atoms. The predicted molar refractivity (Wildman–Crippen MR) is 77.9 cm³/mol. The molecule has 0 fully saturated rings. The van der Waals surface area contributed by atoms with Crippen LogP contribution in [0.2, 0.25) is 0 Å². The van der Waals surface area contributed by atoms with Crippen LogP contribution in [0.5, 0.6) is 17.2 Å². The molecule has 0 atom stereocenters. The van der Waals surface area contributed by atoms with Crippen LogP contribution >= 0.6 is 11.3 Å². The second-order valence-electron chi connectivity index (χ2n) is 4.16. The standard InChI is InChI=1S/C14H10FN3O2S/c15-8-5-6-12(10(19)7-8)20-11-4-2-1-3-9(11)13-17-18-14(16)21-13/h1-7,19H,(H2,16,18). The van der Waals surface area contributed by atoms with Gasteiger partial charge in [0, 0.05) is 6.07 Å². The zero-order chi connectivity index (χ0) is 14.8. The second kappa shape index (κ2) is 5.37. The van der Waals surface area contributed by atoms with E-state index in [2.05, 4.69) is 10.2 Å². The zero-order valence-corrected chi connectivity index (χ0v) is 11.5. The van der Waals surface area contributed by atoms with Gasteiger partial charge in [0.25, 0.3) is 0 Å². The number of nitrogen functional groups attached to an aromatic ring is 1. The van der Waals surface area contributed by atoms with Crippen LogP contribution in [-0.4, -0.2) is 15.3 Å². The number of phenolic OH excluding ortho intramolecular Hbond substituents is 1. The Hall–Kier alpha value is -2.67. The number of ether oxygens (including phenoxy) is 1. The third-order valence-corrected chi connectivity index (χ3v) is 3.48. The van der Waals surface area contributed by atoms with Crippen molar-refractivity contribution in [3.63, 3.8) is 0 Å². The maximum atomic E-state index is 13.0. The van der Waals surface area contributed by atoms with E-state index in [1.807, 2.05) is 6.07 Å². The molecular weight excluding hydrogens is 293 g/mol. The van der Waals surface area contributed by atoms with Gasteiger partial charge in [-0.2, -0.15) is 0 Å². The van der Waals surface area contributed by atoms with Crippen LogP contribution < -0.4 is 10.5 Å². The molecule has 106 valence electrons. The monoisotopic (exact) mass is 303 g/mol. The summed E-state index contributed by atoms with van der Waals surface area (Å²) >= 11 is 1.23. The highest BCUT2D eigenvalue weighted by Gasteiger charge is 2.13. The van der Waals surface area contributed by atoms with Gasteiger partial charge < -0.3 is 15.6 Å². The van der Waals surface area contributed by atoms with Gasteiger partial charge in [0.2, 0.25) is 5.13 Å². The molecule has 21 heavy (non-hydrogen) atoms. The first-order valence-corrected chi connectivity index (χ1v) is 6.80. The van der Waals surface area contributed by atoms with Crippen LogP contribution in [-0.2, 0) is 0 Å². The summed E-state index contributed by atoms with van der Waals surface area (Å²) in [6.07, 6.45) is 0. The van der Waals surface area contributed by atoms with Crippen molar-refractivity contribution in [1.29, 1.82) is 0 Å². The number of rotatable bonds is 3. The molecule has 3 N–H and O–H groups in total. The quantitative estimate of drug-likeness (QED) is 0.774. The fourth-order valence-electron chi connectivity index (χ4n) is 1.77. The van der Waals surface area contributed by atoms with E-state index in [1.165, 1.54) is 23.5 Å². The Balaban J connectivity index is 1.99. The van der Waals surface area contributed by atoms with E-state index in [9.17, 15) is 9.50 Å². The smallest absolute Gasteiger partial charge is 0.203 e. The second-order valence-corrected chi connectivity index (χ2v) is 5.16. The number of nitrogens with two attached hydrogens (primary N) is 1. The summed E-state index contributed by atoms with van der Waals surface area (Å²) in [7, 11) is 0. The number of hydrogen-bond acceptors (Lipinski definition) is 6. The number of halogens is 1. The van der Waals surface area contributed by atoms with Gasteiger partial charge in [0.05, 0.1) is 5.56 Å². The first-order chi connectivity index (χ1) is 10.1. The third kappa shape index (κ3) is 2.77. The SMILES string of the molecule is Nc1nnc(-c2ccccc2Oc2ccc(F)cc2O)s1. The Morgan fingerprint density at radius 3 is 2.62 bits per heavy atom. The molecule has 5 nitrogen and oxygen atoms in total. The van der Waals surface area contributed by atoms with E-state index in [4.69, 9.17) is 10.5 Å². The molecule has 0 saturated carbocycles. The van der Waals surface area contributed by atoms with Crippen LogP contribution in [0.25, 0.3) is 10.6 Å². The van der Waals surface area contributed by atoms with Gasteiger partial charge in [0.15, 0.2) is 16.5 Å². The number of benzene rings is 2. The van der Waals surface area contributed by atoms with E-state index in [-0.39, 0.29) is 11.5 Å². The summed E-state index contributed by atoms with van der Waals surface area (Å²) in [5, 5.41) is 18.4. The molecule has 3 aromatic rings. The summed E-state index contributed by atoms with van der Waals surface area (Å²) in [5.74, 6) is -0.191. The Bertz CT molecular complexity index is 791. The summed E-state index contributed by atoms with van der Waals surface area (Å²) in [4.78, 5) is 0. The highest BCUT2D eigenvalue weighted by molar-refractivity contribution is 7.18. The molecule has 0 saturated heterocycles. The highest BCUT2D eigenvalue weighted by Crippen LogP contribution is 2.38. The minimum absolute atomic E-state index is 0.154. The molecule has 2 aromatic carbocycles. The Kier molecular flexibility index (Phi) is 3.41. The first-order valence-electron chi connectivity index (χ1n) is 5.98. The third-order valence-electron chi connectivity index (χ3n) is 2.70. The van der Waals surface area contributed by atoms with Gasteiger partial charge in [-0.1, -0.05) is 23.5 Å². The van der Waals surface area contributed by atoms with Crippen molar-refractivity contribution < 1.29 is 14.2 Å².